The molecule has 0 saturated heterocycles. The number of fused-ring (bicyclic) bond motifs is 1. The van der Waals surface area contributed by atoms with Gasteiger partial charge in [0, 0.05) is 11.1 Å². The molecular weight excluding hydrogens is 496 g/mol. The third-order valence-corrected chi connectivity index (χ3v) is 5.17. The van der Waals surface area contributed by atoms with Gasteiger partial charge < -0.3 is 18.3 Å². The Hall–Kier alpha value is -1.88. The van der Waals surface area contributed by atoms with Crippen molar-refractivity contribution in [3.8, 4) is 22.8 Å². The SMILES string of the molecule is Cc1c(-c2cc(Br)c(O)c(Br)c2)oc2ccc(OS(=O)(=O)[O-])cc2c1=O. The van der Waals surface area contributed by atoms with Crippen molar-refractivity contribution < 1.29 is 26.7 Å². The minimum atomic E-state index is -4.95. The molecule has 0 saturated carbocycles. The number of aromatic hydroxyl groups is 1. The van der Waals surface area contributed by atoms with Gasteiger partial charge in [-0.15, -0.1) is 0 Å². The Balaban J connectivity index is 2.23. The Kier molecular flexibility index (Phi) is 4.86. The van der Waals surface area contributed by atoms with Crippen LogP contribution in [0.25, 0.3) is 22.3 Å². The second-order valence-electron chi connectivity index (χ2n) is 5.32. The average molecular weight is 505 g/mol. The van der Waals surface area contributed by atoms with Gasteiger partial charge in [-0.25, -0.2) is 8.42 Å². The molecule has 0 aliphatic carbocycles. The van der Waals surface area contributed by atoms with E-state index in [1.165, 1.54) is 12.1 Å². The first-order valence-electron chi connectivity index (χ1n) is 6.98. The molecule has 26 heavy (non-hydrogen) atoms. The minimum Gasteiger partial charge on any atom is -0.716 e. The summed E-state index contributed by atoms with van der Waals surface area (Å²) >= 11 is 6.44. The van der Waals surface area contributed by atoms with Crippen LogP contribution in [0.15, 0.2) is 48.5 Å². The van der Waals surface area contributed by atoms with Gasteiger partial charge in [0.25, 0.3) is 10.4 Å². The normalized spacial score (nSPS) is 11.7. The Morgan fingerprint density at radius 3 is 2.35 bits per heavy atom. The molecule has 0 aliphatic heterocycles. The van der Waals surface area contributed by atoms with E-state index >= 15 is 0 Å². The second-order valence-corrected chi connectivity index (χ2v) is 8.02. The molecule has 0 bridgehead atoms. The first-order valence-corrected chi connectivity index (χ1v) is 9.90. The molecule has 1 heterocycles. The fraction of sp³-hybridized carbons (Fsp3) is 0.0625. The van der Waals surface area contributed by atoms with Crippen molar-refractivity contribution in [2.45, 2.75) is 6.92 Å². The topological polar surface area (TPSA) is 117 Å². The third-order valence-electron chi connectivity index (χ3n) is 3.57. The Morgan fingerprint density at radius 1 is 1.15 bits per heavy atom. The van der Waals surface area contributed by atoms with E-state index in [4.69, 9.17) is 4.42 Å². The highest BCUT2D eigenvalue weighted by Crippen LogP contribution is 2.38. The molecule has 3 rings (SSSR count). The minimum absolute atomic E-state index is 0.00940. The van der Waals surface area contributed by atoms with Crippen LogP contribution >= 0.6 is 31.9 Å². The summed E-state index contributed by atoms with van der Waals surface area (Å²) in [5.41, 5.74) is 0.589. The van der Waals surface area contributed by atoms with E-state index in [0.717, 1.165) is 6.07 Å². The van der Waals surface area contributed by atoms with Crippen molar-refractivity contribution in [3.05, 3.63) is 55.1 Å². The molecule has 0 fully saturated rings. The molecular formula is C16H9Br2O7S-. The number of hydrogen-bond donors (Lipinski definition) is 1. The zero-order valence-electron chi connectivity index (χ0n) is 12.9. The van der Waals surface area contributed by atoms with Crippen molar-refractivity contribution in [1.29, 1.82) is 0 Å². The predicted molar refractivity (Wildman–Crippen MR) is 100 cm³/mol. The Morgan fingerprint density at radius 2 is 1.77 bits per heavy atom. The van der Waals surface area contributed by atoms with Crippen LogP contribution in [-0.2, 0) is 10.4 Å². The molecule has 136 valence electrons. The van der Waals surface area contributed by atoms with E-state index in [1.807, 2.05) is 0 Å². The highest BCUT2D eigenvalue weighted by molar-refractivity contribution is 9.11. The molecule has 3 aromatic rings. The van der Waals surface area contributed by atoms with E-state index in [1.54, 1.807) is 19.1 Å². The standard InChI is InChI=1S/C16H10Br2O7S/c1-7-14(19)10-6-9(25-26(21,22)23)2-3-13(10)24-16(7)8-4-11(17)15(20)12(18)5-8/h2-6,20H,1H3,(H,21,22,23)/p-1. The quantitative estimate of drug-likeness (QED) is 0.425. The van der Waals surface area contributed by atoms with Gasteiger partial charge in [-0.3, -0.25) is 4.79 Å². The predicted octanol–water partition coefficient (Wildman–Crippen LogP) is 3.84. The van der Waals surface area contributed by atoms with Gasteiger partial charge >= 0.3 is 0 Å². The summed E-state index contributed by atoms with van der Waals surface area (Å²) in [6, 6.07) is 6.88. The van der Waals surface area contributed by atoms with Gasteiger partial charge in [-0.05, 0) is 69.1 Å². The third kappa shape index (κ3) is 3.63. The fourth-order valence-corrected chi connectivity index (χ4v) is 3.93. The molecule has 0 atom stereocenters. The first-order chi connectivity index (χ1) is 12.1. The van der Waals surface area contributed by atoms with Gasteiger partial charge in [-0.1, -0.05) is 0 Å². The summed E-state index contributed by atoms with van der Waals surface area (Å²) in [6.07, 6.45) is 0. The Labute approximate surface area is 164 Å². The molecule has 0 amide bonds. The van der Waals surface area contributed by atoms with Crippen LogP contribution in [0, 0.1) is 6.92 Å². The van der Waals surface area contributed by atoms with Crippen molar-refractivity contribution in [3.63, 3.8) is 0 Å². The summed E-state index contributed by atoms with van der Waals surface area (Å²) in [6.45, 7) is 1.55. The molecule has 2 aromatic carbocycles. The maximum atomic E-state index is 12.7. The van der Waals surface area contributed by atoms with Crippen molar-refractivity contribution >= 4 is 53.2 Å². The van der Waals surface area contributed by atoms with Crippen LogP contribution in [0.2, 0.25) is 0 Å². The number of benzene rings is 2. The lowest BCUT2D eigenvalue weighted by Gasteiger charge is -2.11. The van der Waals surface area contributed by atoms with Crippen LogP contribution in [0.1, 0.15) is 5.56 Å². The van der Waals surface area contributed by atoms with Crippen molar-refractivity contribution in [2.75, 3.05) is 0 Å². The van der Waals surface area contributed by atoms with Crippen LogP contribution in [-0.4, -0.2) is 18.1 Å². The second kappa shape index (κ2) is 6.69. The molecule has 0 aliphatic rings. The lowest BCUT2D eigenvalue weighted by atomic mass is 10.1. The average Bonchev–Trinajstić information content (AvgIpc) is 2.54. The smallest absolute Gasteiger partial charge is 0.262 e. The largest absolute Gasteiger partial charge is 0.716 e. The molecule has 0 spiro atoms. The number of hydrogen-bond acceptors (Lipinski definition) is 7. The van der Waals surface area contributed by atoms with Crippen molar-refractivity contribution in [2.24, 2.45) is 0 Å². The Bertz CT molecular complexity index is 1180. The first kappa shape index (κ1) is 18.9. The number of phenols is 1. The van der Waals surface area contributed by atoms with Gasteiger partial charge in [0.2, 0.25) is 0 Å². The monoisotopic (exact) mass is 503 g/mol. The maximum absolute atomic E-state index is 12.7. The number of halogens is 2. The maximum Gasteiger partial charge on any atom is 0.262 e. The lowest BCUT2D eigenvalue weighted by Crippen LogP contribution is -2.10. The van der Waals surface area contributed by atoms with Gasteiger partial charge in [0.15, 0.2) is 5.43 Å². The van der Waals surface area contributed by atoms with E-state index in [2.05, 4.69) is 36.0 Å². The molecule has 1 aromatic heterocycles. The summed E-state index contributed by atoms with van der Waals surface area (Å²) in [7, 11) is -4.95. The van der Waals surface area contributed by atoms with Crippen molar-refractivity contribution in [1.82, 2.24) is 0 Å². The van der Waals surface area contributed by atoms with Gasteiger partial charge in [-0.2, -0.15) is 0 Å². The van der Waals surface area contributed by atoms with E-state index in [0.29, 0.717) is 14.5 Å². The summed E-state index contributed by atoms with van der Waals surface area (Å²) < 4.78 is 43.0. The molecule has 0 unspecified atom stereocenters. The molecule has 0 radical (unpaired) electrons. The lowest BCUT2D eigenvalue weighted by molar-refractivity contribution is 0.372. The van der Waals surface area contributed by atoms with Gasteiger partial charge in [0.05, 0.1) is 14.3 Å². The highest BCUT2D eigenvalue weighted by Gasteiger charge is 2.16. The van der Waals surface area contributed by atoms with E-state index in [-0.39, 0.29) is 33.8 Å². The van der Waals surface area contributed by atoms with E-state index < -0.39 is 15.8 Å². The van der Waals surface area contributed by atoms with Crippen LogP contribution in [0.5, 0.6) is 11.5 Å². The molecule has 10 heteroatoms. The fourth-order valence-electron chi connectivity index (χ4n) is 2.41. The number of phenolic OH excluding ortho intramolecular Hbond substituents is 1. The van der Waals surface area contributed by atoms with Crippen LogP contribution in [0.3, 0.4) is 0 Å². The zero-order valence-corrected chi connectivity index (χ0v) is 16.9. The zero-order chi connectivity index (χ0) is 19.2. The molecule has 7 nitrogen and oxygen atoms in total. The summed E-state index contributed by atoms with van der Waals surface area (Å²) in [5, 5.41) is 9.90. The van der Waals surface area contributed by atoms with E-state index in [9.17, 15) is 22.9 Å². The summed E-state index contributed by atoms with van der Waals surface area (Å²) in [5.74, 6) is 0.0197. The highest BCUT2D eigenvalue weighted by atomic mass is 79.9. The van der Waals surface area contributed by atoms with Crippen LogP contribution in [0.4, 0.5) is 0 Å². The number of rotatable bonds is 3. The molecule has 1 N–H and O–H groups in total. The van der Waals surface area contributed by atoms with Gasteiger partial charge in [0.1, 0.15) is 22.8 Å². The van der Waals surface area contributed by atoms with Crippen LogP contribution < -0.4 is 9.61 Å². The summed E-state index contributed by atoms with van der Waals surface area (Å²) in [4.78, 5) is 12.7.